The second-order valence-electron chi connectivity index (χ2n) is 6.98. The molecule has 0 spiro atoms. The van der Waals surface area contributed by atoms with Crippen LogP contribution in [0.2, 0.25) is 0 Å². The van der Waals surface area contributed by atoms with Crippen LogP contribution in [0.1, 0.15) is 23.2 Å². The molecule has 0 unspecified atom stereocenters. The van der Waals surface area contributed by atoms with E-state index in [1.165, 1.54) is 18.2 Å². The number of likely N-dealkylation sites (N-methyl/N-ethyl adjacent to an activating group) is 1. The Morgan fingerprint density at radius 1 is 1.31 bits per heavy atom. The second-order valence-corrected chi connectivity index (χ2v) is 6.98. The molecular weight excluding hydrogens is 336 g/mol. The molecule has 8 heteroatoms. The van der Waals surface area contributed by atoms with Gasteiger partial charge in [-0.1, -0.05) is 0 Å². The molecule has 3 aliphatic rings. The summed E-state index contributed by atoms with van der Waals surface area (Å²) < 4.78 is 5.09. The van der Waals surface area contributed by atoms with Crippen molar-refractivity contribution in [3.8, 4) is 5.88 Å². The maximum absolute atomic E-state index is 12.9. The van der Waals surface area contributed by atoms with Gasteiger partial charge >= 0.3 is 0 Å². The normalized spacial score (nSPS) is 22.2. The van der Waals surface area contributed by atoms with Crippen LogP contribution in [-0.2, 0) is 9.59 Å². The van der Waals surface area contributed by atoms with Crippen LogP contribution in [0.3, 0.4) is 0 Å². The summed E-state index contributed by atoms with van der Waals surface area (Å²) in [6, 6.07) is 3.12. The van der Waals surface area contributed by atoms with Crippen molar-refractivity contribution in [3.05, 3.63) is 23.9 Å². The quantitative estimate of drug-likeness (QED) is 0.768. The molecule has 8 nitrogen and oxygen atoms in total. The molecule has 1 aromatic rings. The molecule has 3 aliphatic heterocycles. The van der Waals surface area contributed by atoms with E-state index >= 15 is 0 Å². The Morgan fingerprint density at radius 3 is 2.77 bits per heavy atom. The number of amides is 3. The highest BCUT2D eigenvalue weighted by Crippen LogP contribution is 2.30. The summed E-state index contributed by atoms with van der Waals surface area (Å²) in [5, 5.41) is 0. The Bertz CT molecular complexity index is 721. The first-order chi connectivity index (χ1) is 12.4. The molecule has 140 valence electrons. The fourth-order valence-electron chi connectivity index (χ4n) is 3.54. The smallest absolute Gasteiger partial charge is 0.254 e. The number of carbonyl (C=O) groups excluding carboxylic acids is 3. The summed E-state index contributed by atoms with van der Waals surface area (Å²) in [7, 11) is 4.85. The molecule has 0 saturated carbocycles. The third-order valence-electron chi connectivity index (χ3n) is 5.08. The Morgan fingerprint density at radius 2 is 2.08 bits per heavy atom. The van der Waals surface area contributed by atoms with Gasteiger partial charge in [-0.25, -0.2) is 4.98 Å². The van der Waals surface area contributed by atoms with Gasteiger partial charge in [-0.05, 0) is 18.9 Å². The van der Waals surface area contributed by atoms with Gasteiger partial charge in [-0.2, -0.15) is 0 Å². The monoisotopic (exact) mass is 360 g/mol. The van der Waals surface area contributed by atoms with Gasteiger partial charge < -0.3 is 19.4 Å². The zero-order valence-corrected chi connectivity index (χ0v) is 15.3. The predicted molar refractivity (Wildman–Crippen MR) is 93.6 cm³/mol. The summed E-state index contributed by atoms with van der Waals surface area (Å²) in [5.74, 6) is -0.155. The summed E-state index contributed by atoms with van der Waals surface area (Å²) in [5.41, 5.74) is 0.488. The molecule has 0 aromatic carbocycles. The van der Waals surface area contributed by atoms with Crippen molar-refractivity contribution in [1.29, 1.82) is 0 Å². The van der Waals surface area contributed by atoms with Crippen LogP contribution in [0.5, 0.6) is 5.88 Å². The summed E-state index contributed by atoms with van der Waals surface area (Å²) >= 11 is 0. The maximum Gasteiger partial charge on any atom is 0.254 e. The van der Waals surface area contributed by atoms with Crippen LogP contribution in [0.25, 0.3) is 0 Å². The van der Waals surface area contributed by atoms with E-state index in [1.807, 2.05) is 0 Å². The van der Waals surface area contributed by atoms with E-state index in [9.17, 15) is 14.4 Å². The van der Waals surface area contributed by atoms with Crippen molar-refractivity contribution in [1.82, 2.24) is 19.7 Å². The van der Waals surface area contributed by atoms with Crippen LogP contribution in [0.15, 0.2) is 18.3 Å². The molecule has 2 atom stereocenters. The zero-order chi connectivity index (χ0) is 18.8. The molecule has 26 heavy (non-hydrogen) atoms. The van der Waals surface area contributed by atoms with Gasteiger partial charge in [-0.15, -0.1) is 0 Å². The van der Waals surface area contributed by atoms with Crippen molar-refractivity contribution >= 4 is 17.7 Å². The van der Waals surface area contributed by atoms with Crippen LogP contribution in [0, 0.1) is 5.92 Å². The van der Waals surface area contributed by atoms with Crippen molar-refractivity contribution < 1.29 is 19.1 Å². The number of fused-ring (bicyclic) bond motifs is 4. The van der Waals surface area contributed by atoms with Gasteiger partial charge in [0.15, 0.2) is 0 Å². The molecule has 0 N–H and O–H groups in total. The van der Waals surface area contributed by atoms with E-state index < -0.39 is 0 Å². The molecule has 3 amide bonds. The SMILES string of the molecule is COc1cc(C(=O)N2C[C@@H]3CC[C@H](C2)N(CC(=O)N(C)C)C3=O)ccn1. The van der Waals surface area contributed by atoms with Gasteiger partial charge in [0.2, 0.25) is 17.7 Å². The van der Waals surface area contributed by atoms with Crippen LogP contribution in [0.4, 0.5) is 0 Å². The van der Waals surface area contributed by atoms with Gasteiger partial charge in [0.05, 0.1) is 13.0 Å². The van der Waals surface area contributed by atoms with Crippen LogP contribution >= 0.6 is 0 Å². The summed E-state index contributed by atoms with van der Waals surface area (Å²) in [6.45, 7) is 0.885. The highest BCUT2D eigenvalue weighted by atomic mass is 16.5. The minimum Gasteiger partial charge on any atom is -0.481 e. The van der Waals surface area contributed by atoms with E-state index in [0.29, 0.717) is 24.5 Å². The van der Waals surface area contributed by atoms with E-state index in [0.717, 1.165) is 12.8 Å². The van der Waals surface area contributed by atoms with E-state index in [1.54, 1.807) is 36.0 Å². The highest BCUT2D eigenvalue weighted by Gasteiger charge is 2.42. The van der Waals surface area contributed by atoms with Crippen molar-refractivity contribution in [2.75, 3.05) is 40.8 Å². The van der Waals surface area contributed by atoms with Gasteiger partial charge in [0.25, 0.3) is 5.91 Å². The molecule has 3 fully saturated rings. The summed E-state index contributed by atoms with van der Waals surface area (Å²) in [6.07, 6.45) is 3.09. The molecule has 4 heterocycles. The van der Waals surface area contributed by atoms with E-state index in [-0.39, 0.29) is 36.2 Å². The minimum absolute atomic E-state index is 0.0286. The number of aromatic nitrogens is 1. The van der Waals surface area contributed by atoms with Gasteiger partial charge in [0, 0.05) is 51.1 Å². The first kappa shape index (κ1) is 18.2. The number of nitrogens with zero attached hydrogens (tertiary/aromatic N) is 4. The Labute approximate surface area is 152 Å². The topological polar surface area (TPSA) is 83.0 Å². The number of hydrogen-bond acceptors (Lipinski definition) is 5. The molecule has 0 radical (unpaired) electrons. The molecule has 3 saturated heterocycles. The molecule has 0 aliphatic carbocycles. The number of hydrogen-bond donors (Lipinski definition) is 0. The molecular formula is C18H24N4O4. The fraction of sp³-hybridized carbons (Fsp3) is 0.556. The van der Waals surface area contributed by atoms with Gasteiger partial charge in [0.1, 0.15) is 6.54 Å². The Kier molecular flexibility index (Phi) is 5.11. The second kappa shape index (κ2) is 7.31. The van der Waals surface area contributed by atoms with Crippen molar-refractivity contribution in [2.24, 2.45) is 5.92 Å². The lowest BCUT2D eigenvalue weighted by atomic mass is 9.94. The maximum atomic E-state index is 12.9. The molecule has 4 rings (SSSR count). The van der Waals surface area contributed by atoms with Crippen LogP contribution in [-0.4, -0.2) is 84.3 Å². The first-order valence-electron chi connectivity index (χ1n) is 8.70. The summed E-state index contributed by atoms with van der Waals surface area (Å²) in [4.78, 5) is 46.6. The third kappa shape index (κ3) is 3.49. The number of rotatable bonds is 4. The average Bonchev–Trinajstić information content (AvgIpc) is 2.93. The highest BCUT2D eigenvalue weighted by molar-refractivity contribution is 5.95. The largest absolute Gasteiger partial charge is 0.481 e. The number of ether oxygens (including phenoxy) is 1. The fourth-order valence-corrected chi connectivity index (χ4v) is 3.54. The number of methoxy groups -OCH3 is 1. The minimum atomic E-state index is -0.253. The first-order valence-corrected chi connectivity index (χ1v) is 8.70. The zero-order valence-electron chi connectivity index (χ0n) is 15.3. The average molecular weight is 360 g/mol. The lowest BCUT2D eigenvalue weighted by Crippen LogP contribution is -2.51. The van der Waals surface area contributed by atoms with Crippen molar-refractivity contribution in [3.63, 3.8) is 0 Å². The van der Waals surface area contributed by atoms with E-state index in [2.05, 4.69) is 4.98 Å². The number of piperidine rings is 1. The lowest BCUT2D eigenvalue weighted by molar-refractivity contribution is -0.145. The van der Waals surface area contributed by atoms with E-state index in [4.69, 9.17) is 4.74 Å². The lowest BCUT2D eigenvalue weighted by Gasteiger charge is -2.35. The Balaban J connectivity index is 1.79. The number of pyridine rings is 1. The standard InChI is InChI=1S/C18H24N4O4/c1-20(2)16(23)11-22-14-5-4-13(18(22)25)9-21(10-14)17(24)12-6-7-19-15(8-12)26-3/h6-8,13-14H,4-5,9-11H2,1-3H3/t13-,14+/m0/s1. The Hall–Kier alpha value is -2.64. The molecule has 2 bridgehead atoms. The number of carbonyl (C=O) groups is 3. The molecule has 1 aromatic heterocycles. The van der Waals surface area contributed by atoms with Crippen molar-refractivity contribution in [2.45, 2.75) is 18.9 Å². The van der Waals surface area contributed by atoms with Crippen LogP contribution < -0.4 is 4.74 Å². The third-order valence-corrected chi connectivity index (χ3v) is 5.08. The predicted octanol–water partition coefficient (Wildman–Crippen LogP) is 0.241. The van der Waals surface area contributed by atoms with Gasteiger partial charge in [-0.3, -0.25) is 14.4 Å².